The summed E-state index contributed by atoms with van der Waals surface area (Å²) in [5.41, 5.74) is 3.84. The third kappa shape index (κ3) is 4.79. The van der Waals surface area contributed by atoms with Crippen molar-refractivity contribution < 1.29 is 4.79 Å². The van der Waals surface area contributed by atoms with Gasteiger partial charge in [-0.15, -0.1) is 0 Å². The summed E-state index contributed by atoms with van der Waals surface area (Å²) < 4.78 is 3.19. The Hall–Kier alpha value is -2.93. The maximum absolute atomic E-state index is 13.0. The predicted octanol–water partition coefficient (Wildman–Crippen LogP) is 4.99. The molecule has 2 aromatic heterocycles. The van der Waals surface area contributed by atoms with Gasteiger partial charge in [0.15, 0.2) is 0 Å². The fourth-order valence-corrected chi connectivity index (χ4v) is 3.68. The molecule has 0 aliphatic heterocycles. The average molecular weight is 420 g/mol. The van der Waals surface area contributed by atoms with Crippen LogP contribution in [-0.2, 0) is 10.2 Å². The Morgan fingerprint density at radius 3 is 2.57 bits per heavy atom. The molecule has 0 radical (unpaired) electrons. The summed E-state index contributed by atoms with van der Waals surface area (Å²) in [6, 6.07) is 11.7. The second-order valence-electron chi connectivity index (χ2n) is 8.09. The minimum absolute atomic E-state index is 0.119. The molecule has 0 unspecified atom stereocenters. The first-order valence-corrected chi connectivity index (χ1v) is 10.9. The van der Waals surface area contributed by atoms with Crippen LogP contribution in [0.5, 0.6) is 0 Å². The fourth-order valence-electron chi connectivity index (χ4n) is 2.94. The number of amides is 1. The number of nitrogens with zero attached hydrogens (tertiary/aromatic N) is 3. The van der Waals surface area contributed by atoms with Gasteiger partial charge in [-0.25, -0.2) is 9.97 Å². The van der Waals surface area contributed by atoms with E-state index in [4.69, 9.17) is 0 Å². The van der Waals surface area contributed by atoms with Crippen molar-refractivity contribution >= 4 is 29.5 Å². The molecule has 1 saturated carbocycles. The van der Waals surface area contributed by atoms with Gasteiger partial charge in [0, 0.05) is 35.1 Å². The molecule has 3 aromatic rings. The van der Waals surface area contributed by atoms with Gasteiger partial charge in [0.25, 0.3) is 0 Å². The number of nitrogens with one attached hydrogen (secondary N) is 2. The zero-order valence-electron chi connectivity index (χ0n) is 17.3. The van der Waals surface area contributed by atoms with Crippen molar-refractivity contribution in [3.05, 3.63) is 66.2 Å². The van der Waals surface area contributed by atoms with Crippen LogP contribution in [0, 0.1) is 6.92 Å². The number of benzene rings is 1. The Morgan fingerprint density at radius 2 is 1.87 bits per heavy atom. The van der Waals surface area contributed by atoms with E-state index in [2.05, 4.69) is 31.1 Å². The van der Waals surface area contributed by atoms with Crippen LogP contribution in [0.3, 0.4) is 0 Å². The van der Waals surface area contributed by atoms with E-state index in [0.29, 0.717) is 16.9 Å². The topological polar surface area (TPSA) is 79.8 Å². The summed E-state index contributed by atoms with van der Waals surface area (Å²) in [6.45, 7) is 5.76. The normalized spacial score (nSPS) is 13.7. The van der Waals surface area contributed by atoms with Gasteiger partial charge in [-0.05, 0) is 81.0 Å². The first-order valence-electron chi connectivity index (χ1n) is 10.0. The predicted molar refractivity (Wildman–Crippen MR) is 122 cm³/mol. The monoisotopic (exact) mass is 419 g/mol. The fraction of sp³-hybridized carbons (Fsp3) is 0.304. The van der Waals surface area contributed by atoms with Gasteiger partial charge in [0.05, 0.1) is 11.1 Å². The molecule has 1 aliphatic rings. The molecule has 7 heteroatoms. The maximum Gasteiger partial charge on any atom is 0.236 e. The minimum Gasteiger partial charge on any atom is -0.325 e. The minimum atomic E-state index is -0.803. The van der Waals surface area contributed by atoms with Crippen molar-refractivity contribution in [2.24, 2.45) is 0 Å². The summed E-state index contributed by atoms with van der Waals surface area (Å²) >= 11 is 1.65. The third-order valence-electron chi connectivity index (χ3n) is 5.06. The lowest BCUT2D eigenvalue weighted by Crippen LogP contribution is -2.35. The molecule has 0 spiro atoms. The van der Waals surface area contributed by atoms with Crippen LogP contribution < -0.4 is 10.0 Å². The van der Waals surface area contributed by atoms with Crippen molar-refractivity contribution in [3.63, 3.8) is 0 Å². The van der Waals surface area contributed by atoms with E-state index in [9.17, 15) is 4.79 Å². The standard InChI is InChI=1S/C23H25N5OS/c1-15-12-17(14-24-13-15)16-4-6-18(7-5-16)26-21(29)23(2,3)20-10-11-25-22(27-20)28-30-19-8-9-19/h4-7,10-14,19H,8-9H2,1-3H3,(H,26,29)(H,25,27,28). The lowest BCUT2D eigenvalue weighted by molar-refractivity contribution is -0.120. The number of rotatable bonds is 7. The number of anilines is 2. The molecule has 0 saturated heterocycles. The van der Waals surface area contributed by atoms with Crippen LogP contribution in [0.25, 0.3) is 11.1 Å². The van der Waals surface area contributed by atoms with Crippen molar-refractivity contribution in [1.29, 1.82) is 0 Å². The Labute approximate surface area is 181 Å². The molecule has 2 N–H and O–H groups in total. The molecule has 1 aromatic carbocycles. The highest BCUT2D eigenvalue weighted by Crippen LogP contribution is 2.34. The second kappa shape index (κ2) is 8.44. The first kappa shape index (κ1) is 20.3. The van der Waals surface area contributed by atoms with Gasteiger partial charge in [-0.3, -0.25) is 14.5 Å². The molecule has 4 rings (SSSR count). The van der Waals surface area contributed by atoms with Crippen LogP contribution >= 0.6 is 11.9 Å². The van der Waals surface area contributed by atoms with Crippen molar-refractivity contribution in [3.8, 4) is 11.1 Å². The number of hydrogen-bond donors (Lipinski definition) is 2. The van der Waals surface area contributed by atoms with Gasteiger partial charge >= 0.3 is 0 Å². The van der Waals surface area contributed by atoms with E-state index in [1.807, 2.05) is 57.4 Å². The van der Waals surface area contributed by atoms with E-state index in [1.165, 1.54) is 12.8 Å². The molecule has 154 valence electrons. The number of pyridine rings is 1. The van der Waals surface area contributed by atoms with E-state index in [0.717, 1.165) is 22.4 Å². The molecule has 30 heavy (non-hydrogen) atoms. The molecular weight excluding hydrogens is 394 g/mol. The Balaban J connectivity index is 1.45. The quantitative estimate of drug-likeness (QED) is 0.526. The number of hydrogen-bond acceptors (Lipinski definition) is 6. The van der Waals surface area contributed by atoms with E-state index >= 15 is 0 Å². The number of aromatic nitrogens is 3. The summed E-state index contributed by atoms with van der Waals surface area (Å²) in [7, 11) is 0. The van der Waals surface area contributed by atoms with Crippen LogP contribution in [-0.4, -0.2) is 26.1 Å². The molecular formula is C23H25N5OS. The summed E-state index contributed by atoms with van der Waals surface area (Å²) in [5, 5.41) is 3.66. The number of aryl methyl sites for hydroxylation is 1. The highest BCUT2D eigenvalue weighted by atomic mass is 32.2. The van der Waals surface area contributed by atoms with Crippen molar-refractivity contribution in [1.82, 2.24) is 15.0 Å². The Kier molecular flexibility index (Phi) is 5.72. The van der Waals surface area contributed by atoms with Crippen molar-refractivity contribution in [2.75, 3.05) is 10.0 Å². The second-order valence-corrected chi connectivity index (χ2v) is 9.20. The third-order valence-corrected chi connectivity index (χ3v) is 6.16. The molecule has 0 bridgehead atoms. The largest absolute Gasteiger partial charge is 0.325 e. The molecule has 0 atom stereocenters. The molecule has 1 amide bonds. The summed E-state index contributed by atoms with van der Waals surface area (Å²) in [4.78, 5) is 26.1. The van der Waals surface area contributed by atoms with Crippen LogP contribution in [0.2, 0.25) is 0 Å². The summed E-state index contributed by atoms with van der Waals surface area (Å²) in [5.74, 6) is 0.424. The van der Waals surface area contributed by atoms with Gasteiger partial charge in [-0.2, -0.15) is 0 Å². The van der Waals surface area contributed by atoms with E-state index in [1.54, 1.807) is 24.2 Å². The Bertz CT molecular complexity index is 1050. The maximum atomic E-state index is 13.0. The zero-order valence-corrected chi connectivity index (χ0v) is 18.2. The van der Waals surface area contributed by atoms with Crippen molar-refractivity contribution in [2.45, 2.75) is 44.3 Å². The van der Waals surface area contributed by atoms with Crippen LogP contribution in [0.1, 0.15) is 37.9 Å². The van der Waals surface area contributed by atoms with Crippen LogP contribution in [0.15, 0.2) is 55.0 Å². The van der Waals surface area contributed by atoms with Gasteiger partial charge in [0.2, 0.25) is 11.9 Å². The van der Waals surface area contributed by atoms with Gasteiger partial charge in [0.1, 0.15) is 0 Å². The summed E-state index contributed by atoms with van der Waals surface area (Å²) in [6.07, 6.45) is 7.82. The zero-order chi connectivity index (χ0) is 21.1. The smallest absolute Gasteiger partial charge is 0.236 e. The van der Waals surface area contributed by atoms with Crippen LogP contribution in [0.4, 0.5) is 11.6 Å². The highest BCUT2D eigenvalue weighted by Gasteiger charge is 2.32. The number of carbonyl (C=O) groups is 1. The number of carbonyl (C=O) groups excluding carboxylic acids is 1. The average Bonchev–Trinajstić information content (AvgIpc) is 3.57. The molecule has 6 nitrogen and oxygen atoms in total. The van der Waals surface area contributed by atoms with Gasteiger partial charge < -0.3 is 5.32 Å². The first-order chi connectivity index (χ1) is 14.4. The lowest BCUT2D eigenvalue weighted by atomic mass is 9.88. The lowest BCUT2D eigenvalue weighted by Gasteiger charge is -2.23. The molecule has 2 heterocycles. The van der Waals surface area contributed by atoms with Gasteiger partial charge in [-0.1, -0.05) is 12.1 Å². The van der Waals surface area contributed by atoms with E-state index < -0.39 is 5.41 Å². The van der Waals surface area contributed by atoms with E-state index in [-0.39, 0.29) is 5.91 Å². The SMILES string of the molecule is Cc1cncc(-c2ccc(NC(=O)C(C)(C)c3ccnc(NSC4CC4)n3)cc2)c1. The Morgan fingerprint density at radius 1 is 1.10 bits per heavy atom. The molecule has 1 fully saturated rings. The molecule has 1 aliphatic carbocycles. The highest BCUT2D eigenvalue weighted by molar-refractivity contribution is 8.01.